The van der Waals surface area contributed by atoms with Gasteiger partial charge in [0.25, 0.3) is 0 Å². The second kappa shape index (κ2) is 17.0. The zero-order valence-corrected chi connectivity index (χ0v) is 19.4. The number of rotatable bonds is 18. The van der Waals surface area contributed by atoms with Crippen LogP contribution >= 0.6 is 0 Å². The van der Waals surface area contributed by atoms with Crippen molar-refractivity contribution in [3.63, 3.8) is 0 Å². The van der Waals surface area contributed by atoms with Gasteiger partial charge in [0, 0.05) is 6.54 Å². The highest BCUT2D eigenvalue weighted by molar-refractivity contribution is 5.95. The molecule has 200 valence electrons. The van der Waals surface area contributed by atoms with Crippen LogP contribution in [0.5, 0.6) is 0 Å². The fourth-order valence-corrected chi connectivity index (χ4v) is 2.85. The fourth-order valence-electron chi connectivity index (χ4n) is 2.85. The van der Waals surface area contributed by atoms with Gasteiger partial charge >= 0.3 is 5.97 Å². The predicted octanol–water partition coefficient (Wildman–Crippen LogP) is -5.10. The number of carboxylic acid groups (broad SMARTS) is 1. The first-order valence-electron chi connectivity index (χ1n) is 11.0. The zero-order chi connectivity index (χ0) is 27.0. The number of unbranched alkanes of at least 4 members (excludes halogenated alkanes) is 1. The van der Waals surface area contributed by atoms with Crippen molar-refractivity contribution in [1.29, 1.82) is 0 Å². The predicted molar refractivity (Wildman–Crippen MR) is 125 cm³/mol. The van der Waals surface area contributed by atoms with Crippen molar-refractivity contribution in [3.8, 4) is 0 Å². The zero-order valence-electron chi connectivity index (χ0n) is 19.4. The maximum Gasteiger partial charge on any atom is 0.326 e. The molecule has 0 aromatic carbocycles. The lowest BCUT2D eigenvalue weighted by molar-refractivity contribution is -0.142. The molecule has 0 aliphatic carbocycles. The third-order valence-electron chi connectivity index (χ3n) is 4.71. The highest BCUT2D eigenvalue weighted by Gasteiger charge is 2.30. The maximum atomic E-state index is 12.8. The van der Waals surface area contributed by atoms with E-state index < -0.39 is 66.8 Å². The normalized spacial score (nSPS) is 14.0. The minimum Gasteiger partial charge on any atom is -0.480 e. The van der Waals surface area contributed by atoms with E-state index in [0.29, 0.717) is 19.4 Å². The van der Waals surface area contributed by atoms with Crippen molar-refractivity contribution in [2.75, 3.05) is 19.7 Å². The number of amides is 4. The molecule has 0 aliphatic heterocycles. The Morgan fingerprint density at radius 2 is 1.34 bits per heavy atom. The summed E-state index contributed by atoms with van der Waals surface area (Å²) in [4.78, 5) is 63.7. The number of nitrogens with zero attached hydrogens (tertiary/aromatic N) is 1. The molecular weight excluding hydrogens is 466 g/mol. The molecule has 0 rings (SSSR count). The van der Waals surface area contributed by atoms with Gasteiger partial charge in [-0.1, -0.05) is 0 Å². The Balaban J connectivity index is 5.22. The topological polar surface area (TPSA) is 304 Å². The van der Waals surface area contributed by atoms with Crippen LogP contribution in [0.2, 0.25) is 0 Å². The van der Waals surface area contributed by atoms with Crippen molar-refractivity contribution in [2.24, 2.45) is 33.7 Å². The first-order valence-corrected chi connectivity index (χ1v) is 11.0. The van der Waals surface area contributed by atoms with E-state index in [-0.39, 0.29) is 31.8 Å². The van der Waals surface area contributed by atoms with Crippen molar-refractivity contribution < 1.29 is 34.2 Å². The molecule has 16 nitrogen and oxygen atoms in total. The molecule has 16 heteroatoms. The first-order chi connectivity index (χ1) is 16.4. The van der Waals surface area contributed by atoms with Crippen molar-refractivity contribution in [1.82, 2.24) is 16.0 Å². The number of hydrogen-bond donors (Lipinski definition) is 10. The van der Waals surface area contributed by atoms with Gasteiger partial charge in [0.15, 0.2) is 5.96 Å². The van der Waals surface area contributed by atoms with Crippen molar-refractivity contribution >= 4 is 35.6 Å². The van der Waals surface area contributed by atoms with Crippen LogP contribution in [0.15, 0.2) is 4.99 Å². The minimum atomic E-state index is -1.50. The summed E-state index contributed by atoms with van der Waals surface area (Å²) in [6.45, 7) is -0.363. The smallest absolute Gasteiger partial charge is 0.326 e. The summed E-state index contributed by atoms with van der Waals surface area (Å²) < 4.78 is 0. The summed E-state index contributed by atoms with van der Waals surface area (Å²) in [5.41, 5.74) is 26.5. The fraction of sp³-hybridized carbons (Fsp3) is 0.684. The largest absolute Gasteiger partial charge is 0.480 e. The lowest BCUT2D eigenvalue weighted by Crippen LogP contribution is -2.58. The molecule has 0 saturated heterocycles. The number of aliphatic hydroxyl groups is 1. The number of carboxylic acids is 1. The Morgan fingerprint density at radius 3 is 1.86 bits per heavy atom. The third-order valence-corrected chi connectivity index (χ3v) is 4.71. The van der Waals surface area contributed by atoms with Crippen LogP contribution in [0.3, 0.4) is 0 Å². The summed E-state index contributed by atoms with van der Waals surface area (Å²) in [7, 11) is 0. The minimum absolute atomic E-state index is 0.0144. The van der Waals surface area contributed by atoms with Crippen LogP contribution in [-0.2, 0) is 24.0 Å². The second-order valence-corrected chi connectivity index (χ2v) is 7.71. The van der Waals surface area contributed by atoms with E-state index in [1.165, 1.54) is 0 Å². The van der Waals surface area contributed by atoms with Gasteiger partial charge in [0.2, 0.25) is 23.6 Å². The number of guanidine groups is 1. The highest BCUT2D eigenvalue weighted by atomic mass is 16.4. The number of primary amides is 1. The molecular formula is C19H37N9O7. The van der Waals surface area contributed by atoms with Gasteiger partial charge in [-0.25, -0.2) is 4.79 Å². The summed E-state index contributed by atoms with van der Waals surface area (Å²) >= 11 is 0. The van der Waals surface area contributed by atoms with Gasteiger partial charge in [-0.2, -0.15) is 0 Å². The number of aliphatic carboxylic acids is 1. The molecule has 4 atom stereocenters. The van der Waals surface area contributed by atoms with E-state index in [1.807, 2.05) is 0 Å². The van der Waals surface area contributed by atoms with E-state index in [2.05, 4.69) is 20.9 Å². The van der Waals surface area contributed by atoms with Crippen LogP contribution in [0.25, 0.3) is 0 Å². The van der Waals surface area contributed by atoms with Gasteiger partial charge in [-0.05, 0) is 38.6 Å². The molecule has 35 heavy (non-hydrogen) atoms. The van der Waals surface area contributed by atoms with E-state index in [0.717, 1.165) is 0 Å². The van der Waals surface area contributed by atoms with Crippen LogP contribution in [-0.4, -0.2) is 89.6 Å². The van der Waals surface area contributed by atoms with E-state index in [4.69, 9.17) is 28.7 Å². The lowest BCUT2D eigenvalue weighted by atomic mass is 10.1. The molecule has 0 aliphatic rings. The van der Waals surface area contributed by atoms with Crippen LogP contribution in [0.4, 0.5) is 0 Å². The first kappa shape index (κ1) is 31.5. The molecule has 0 fully saturated rings. The third kappa shape index (κ3) is 13.7. The number of aliphatic hydroxyl groups excluding tert-OH is 1. The standard InChI is InChI=1S/C19H37N9O7/c20-6-2-1-4-11(26-15(31)10(21)8-14(22)30)16(32)28-13(9-29)17(33)27-12(18(34)35)5-3-7-25-19(23)24/h10-13,29H,1-9,20-21H2,(H2,22,30)(H,26,31)(H,27,33)(H,28,32)(H,34,35)(H4,23,24,25). The SMILES string of the molecule is NCCCCC(NC(=O)C(N)CC(N)=O)C(=O)NC(CO)C(=O)NC(CCCN=C(N)N)C(=O)O. The monoisotopic (exact) mass is 503 g/mol. The Hall–Kier alpha value is -3.50. The molecule has 0 heterocycles. The van der Waals surface area contributed by atoms with Crippen LogP contribution < -0.4 is 44.6 Å². The molecule has 0 radical (unpaired) electrons. The molecule has 0 aromatic heterocycles. The summed E-state index contributed by atoms with van der Waals surface area (Å²) in [5, 5.41) is 25.8. The number of nitrogens with two attached hydrogens (primary N) is 5. The summed E-state index contributed by atoms with van der Waals surface area (Å²) in [6.07, 6.45) is 0.889. The Bertz CT molecular complexity index is 759. The average Bonchev–Trinajstić information content (AvgIpc) is 2.77. The summed E-state index contributed by atoms with van der Waals surface area (Å²) in [5.74, 6) is -4.88. The summed E-state index contributed by atoms with van der Waals surface area (Å²) in [6, 6.07) is -5.28. The van der Waals surface area contributed by atoms with Gasteiger partial charge in [-0.15, -0.1) is 0 Å². The average molecular weight is 504 g/mol. The lowest BCUT2D eigenvalue weighted by Gasteiger charge is -2.24. The number of aliphatic imine (C=N–C) groups is 1. The second-order valence-electron chi connectivity index (χ2n) is 7.71. The van der Waals surface area contributed by atoms with Gasteiger partial charge in [-0.3, -0.25) is 24.2 Å². The van der Waals surface area contributed by atoms with Crippen molar-refractivity contribution in [3.05, 3.63) is 0 Å². The Kier molecular flexibility index (Phi) is 15.3. The van der Waals surface area contributed by atoms with Gasteiger partial charge < -0.3 is 54.8 Å². The molecule has 0 saturated carbocycles. The highest BCUT2D eigenvalue weighted by Crippen LogP contribution is 2.04. The Morgan fingerprint density at radius 1 is 0.800 bits per heavy atom. The molecule has 0 spiro atoms. The van der Waals surface area contributed by atoms with E-state index in [1.54, 1.807) is 0 Å². The molecule has 15 N–H and O–H groups in total. The van der Waals surface area contributed by atoms with Crippen molar-refractivity contribution in [2.45, 2.75) is 62.7 Å². The van der Waals surface area contributed by atoms with Gasteiger partial charge in [0.1, 0.15) is 18.1 Å². The molecule has 4 unspecified atom stereocenters. The molecule has 0 aromatic rings. The number of hydrogen-bond acceptors (Lipinski definition) is 9. The maximum absolute atomic E-state index is 12.8. The van der Waals surface area contributed by atoms with Crippen LogP contribution in [0, 0.1) is 0 Å². The van der Waals surface area contributed by atoms with E-state index in [9.17, 15) is 34.2 Å². The number of carbonyl (C=O) groups is 5. The quantitative estimate of drug-likeness (QED) is 0.0479. The van der Waals surface area contributed by atoms with Crippen LogP contribution in [0.1, 0.15) is 38.5 Å². The number of carbonyl (C=O) groups excluding carboxylic acids is 4. The number of nitrogens with one attached hydrogen (secondary N) is 3. The van der Waals surface area contributed by atoms with E-state index >= 15 is 0 Å². The Labute approximate surface area is 202 Å². The molecule has 0 bridgehead atoms. The molecule has 4 amide bonds. The van der Waals surface area contributed by atoms with Gasteiger partial charge in [0.05, 0.1) is 19.1 Å².